The Morgan fingerprint density at radius 1 is 1.53 bits per heavy atom. The molecule has 1 atom stereocenters. The minimum atomic E-state index is -3.14. The van der Waals surface area contributed by atoms with Crippen molar-refractivity contribution in [2.75, 3.05) is 11.1 Å². The van der Waals surface area contributed by atoms with Gasteiger partial charge in [0, 0.05) is 12.6 Å². The average molecular weight is 226 g/mol. The van der Waals surface area contributed by atoms with Gasteiger partial charge in [-0.3, -0.25) is 0 Å². The van der Waals surface area contributed by atoms with E-state index >= 15 is 0 Å². The molecule has 1 aromatic rings. The maximum absolute atomic E-state index is 11.9. The zero-order valence-electron chi connectivity index (χ0n) is 8.53. The summed E-state index contributed by atoms with van der Waals surface area (Å²) < 4.78 is 23.7. The van der Waals surface area contributed by atoms with Gasteiger partial charge in [0.05, 0.1) is 16.3 Å². The summed E-state index contributed by atoms with van der Waals surface area (Å²) in [6.07, 6.45) is 0. The number of rotatable bonds is 1. The van der Waals surface area contributed by atoms with Crippen LogP contribution in [0.5, 0.6) is 0 Å². The molecule has 4 nitrogen and oxygen atoms in total. The van der Waals surface area contributed by atoms with E-state index in [0.717, 1.165) is 5.56 Å². The van der Waals surface area contributed by atoms with Crippen LogP contribution < -0.4 is 11.1 Å². The SMILES string of the molecule is CC1CS(=O)(=O)c2cc(CN)ccc2N1. The molecular weight excluding hydrogens is 212 g/mol. The summed E-state index contributed by atoms with van der Waals surface area (Å²) in [6, 6.07) is 5.25. The summed E-state index contributed by atoms with van der Waals surface area (Å²) in [6.45, 7) is 2.22. The van der Waals surface area contributed by atoms with Gasteiger partial charge in [-0.25, -0.2) is 8.42 Å². The number of benzene rings is 1. The van der Waals surface area contributed by atoms with E-state index in [2.05, 4.69) is 5.32 Å². The number of nitrogens with one attached hydrogen (secondary N) is 1. The first-order chi connectivity index (χ1) is 7.03. The monoisotopic (exact) mass is 226 g/mol. The lowest BCUT2D eigenvalue weighted by molar-refractivity contribution is 0.588. The van der Waals surface area contributed by atoms with Crippen molar-refractivity contribution in [2.24, 2.45) is 5.73 Å². The van der Waals surface area contributed by atoms with Gasteiger partial charge in [-0.05, 0) is 24.6 Å². The summed E-state index contributed by atoms with van der Waals surface area (Å²) in [5.41, 5.74) is 7.01. The molecule has 0 saturated carbocycles. The van der Waals surface area contributed by atoms with Crippen LogP contribution in [0.15, 0.2) is 23.1 Å². The second-order valence-electron chi connectivity index (χ2n) is 3.86. The van der Waals surface area contributed by atoms with Gasteiger partial charge in [-0.2, -0.15) is 0 Å². The number of hydrogen-bond donors (Lipinski definition) is 2. The van der Waals surface area contributed by atoms with Gasteiger partial charge in [0.1, 0.15) is 0 Å². The van der Waals surface area contributed by atoms with Gasteiger partial charge >= 0.3 is 0 Å². The van der Waals surface area contributed by atoms with Crippen molar-refractivity contribution in [1.29, 1.82) is 0 Å². The van der Waals surface area contributed by atoms with Gasteiger partial charge in [-0.15, -0.1) is 0 Å². The largest absolute Gasteiger partial charge is 0.380 e. The molecule has 0 saturated heterocycles. The fourth-order valence-corrected chi connectivity index (χ4v) is 3.51. The Labute approximate surface area is 89.4 Å². The van der Waals surface area contributed by atoms with Crippen LogP contribution in [0.3, 0.4) is 0 Å². The molecule has 0 fully saturated rings. The smallest absolute Gasteiger partial charge is 0.182 e. The van der Waals surface area contributed by atoms with Crippen molar-refractivity contribution in [3.63, 3.8) is 0 Å². The summed E-state index contributed by atoms with van der Waals surface area (Å²) in [7, 11) is -3.14. The molecule has 2 rings (SSSR count). The first-order valence-electron chi connectivity index (χ1n) is 4.85. The third-order valence-corrected chi connectivity index (χ3v) is 4.43. The highest BCUT2D eigenvalue weighted by Gasteiger charge is 2.27. The van der Waals surface area contributed by atoms with Crippen LogP contribution in [-0.2, 0) is 16.4 Å². The van der Waals surface area contributed by atoms with Gasteiger partial charge in [0.2, 0.25) is 0 Å². The Bertz CT molecular complexity index is 482. The number of fused-ring (bicyclic) bond motifs is 1. The minimum absolute atomic E-state index is 0.0359. The van der Waals surface area contributed by atoms with E-state index in [1.165, 1.54) is 0 Å². The first kappa shape index (κ1) is 10.4. The molecular formula is C10H14N2O2S. The summed E-state index contributed by atoms with van der Waals surface area (Å²) in [4.78, 5) is 0.378. The van der Waals surface area contributed by atoms with Gasteiger partial charge < -0.3 is 11.1 Å². The second kappa shape index (κ2) is 3.50. The van der Waals surface area contributed by atoms with Crippen LogP contribution in [0.2, 0.25) is 0 Å². The third-order valence-electron chi connectivity index (χ3n) is 2.49. The fraction of sp³-hybridized carbons (Fsp3) is 0.400. The topological polar surface area (TPSA) is 72.2 Å². The second-order valence-corrected chi connectivity index (χ2v) is 5.86. The Morgan fingerprint density at radius 2 is 2.27 bits per heavy atom. The van der Waals surface area contributed by atoms with E-state index in [-0.39, 0.29) is 11.8 Å². The van der Waals surface area contributed by atoms with Crippen molar-refractivity contribution in [3.05, 3.63) is 23.8 Å². The molecule has 1 aromatic carbocycles. The van der Waals surface area contributed by atoms with E-state index in [0.29, 0.717) is 17.1 Å². The molecule has 1 aliphatic heterocycles. The summed E-state index contributed by atoms with van der Waals surface area (Å²) >= 11 is 0. The number of sulfone groups is 1. The molecule has 15 heavy (non-hydrogen) atoms. The maximum atomic E-state index is 11.9. The van der Waals surface area contributed by atoms with Crippen LogP contribution in [0.1, 0.15) is 12.5 Å². The first-order valence-corrected chi connectivity index (χ1v) is 6.50. The normalized spacial score (nSPS) is 22.9. The highest BCUT2D eigenvalue weighted by Crippen LogP contribution is 2.29. The zero-order chi connectivity index (χ0) is 11.1. The Kier molecular flexibility index (Phi) is 2.44. The van der Waals surface area contributed by atoms with E-state index in [9.17, 15) is 8.42 Å². The van der Waals surface area contributed by atoms with E-state index in [1.807, 2.05) is 13.0 Å². The lowest BCUT2D eigenvalue weighted by Crippen LogP contribution is -2.31. The van der Waals surface area contributed by atoms with Crippen LogP contribution in [0.4, 0.5) is 5.69 Å². The van der Waals surface area contributed by atoms with Crippen molar-refractivity contribution < 1.29 is 8.42 Å². The molecule has 0 aliphatic carbocycles. The maximum Gasteiger partial charge on any atom is 0.182 e. The quantitative estimate of drug-likeness (QED) is 0.740. The van der Waals surface area contributed by atoms with E-state index in [1.54, 1.807) is 12.1 Å². The highest BCUT2D eigenvalue weighted by atomic mass is 32.2. The van der Waals surface area contributed by atoms with Crippen LogP contribution in [0, 0.1) is 0 Å². The molecule has 3 N–H and O–H groups in total. The molecule has 0 spiro atoms. The number of anilines is 1. The Hall–Kier alpha value is -1.07. The van der Waals surface area contributed by atoms with Gasteiger partial charge in [-0.1, -0.05) is 6.07 Å². The molecule has 5 heteroatoms. The molecule has 1 aliphatic rings. The van der Waals surface area contributed by atoms with Crippen LogP contribution in [-0.4, -0.2) is 20.2 Å². The molecule has 1 heterocycles. The van der Waals surface area contributed by atoms with Crippen LogP contribution >= 0.6 is 0 Å². The van der Waals surface area contributed by atoms with Gasteiger partial charge in [0.15, 0.2) is 9.84 Å². The van der Waals surface area contributed by atoms with Crippen LogP contribution in [0.25, 0.3) is 0 Å². The standard InChI is InChI=1S/C10H14N2O2S/c1-7-6-15(13,14)10-4-8(5-11)2-3-9(10)12-7/h2-4,7,12H,5-6,11H2,1H3. The lowest BCUT2D eigenvalue weighted by Gasteiger charge is -2.24. The molecule has 1 unspecified atom stereocenters. The minimum Gasteiger partial charge on any atom is -0.380 e. The van der Waals surface area contributed by atoms with E-state index < -0.39 is 9.84 Å². The highest BCUT2D eigenvalue weighted by molar-refractivity contribution is 7.91. The van der Waals surface area contributed by atoms with Crippen molar-refractivity contribution in [2.45, 2.75) is 24.4 Å². The summed E-state index contributed by atoms with van der Waals surface area (Å²) in [5.74, 6) is 0.147. The predicted octanol–water partition coefficient (Wildman–Crippen LogP) is 0.733. The molecule has 0 bridgehead atoms. The molecule has 0 aromatic heterocycles. The molecule has 0 radical (unpaired) electrons. The van der Waals surface area contributed by atoms with Crippen molar-refractivity contribution in [1.82, 2.24) is 0 Å². The average Bonchev–Trinajstić information content (AvgIpc) is 2.16. The predicted molar refractivity (Wildman–Crippen MR) is 59.5 cm³/mol. The van der Waals surface area contributed by atoms with Gasteiger partial charge in [0.25, 0.3) is 0 Å². The third kappa shape index (κ3) is 1.85. The van der Waals surface area contributed by atoms with Crippen molar-refractivity contribution in [3.8, 4) is 0 Å². The Balaban J connectivity index is 2.59. The Morgan fingerprint density at radius 3 is 2.93 bits per heavy atom. The van der Waals surface area contributed by atoms with Crippen molar-refractivity contribution >= 4 is 15.5 Å². The summed E-state index contributed by atoms with van der Waals surface area (Å²) in [5, 5.41) is 3.15. The van der Waals surface area contributed by atoms with E-state index in [4.69, 9.17) is 5.73 Å². The number of hydrogen-bond acceptors (Lipinski definition) is 4. The fourth-order valence-electron chi connectivity index (χ4n) is 1.80. The zero-order valence-corrected chi connectivity index (χ0v) is 9.34. The number of nitrogens with two attached hydrogens (primary N) is 1. The molecule has 82 valence electrons. The lowest BCUT2D eigenvalue weighted by atomic mass is 10.2. The molecule has 0 amide bonds.